The molecule has 0 heterocycles. The maximum absolute atomic E-state index is 5.95. The maximum Gasteiger partial charge on any atom is 0.0474 e. The van der Waals surface area contributed by atoms with E-state index in [0.717, 1.165) is 0 Å². The van der Waals surface area contributed by atoms with Gasteiger partial charge in [-0.15, -0.1) is 11.6 Å². The van der Waals surface area contributed by atoms with E-state index in [-0.39, 0.29) is 0 Å². The first-order chi connectivity index (χ1) is 9.74. The third-order valence-corrected chi connectivity index (χ3v) is 4.38. The maximum atomic E-state index is 5.95. The Hall–Kier alpha value is -1.27. The Balaban J connectivity index is 2.12. The lowest BCUT2D eigenvalue weighted by molar-refractivity contribution is 0.544. The fourth-order valence-corrected chi connectivity index (χ4v) is 2.98. The molecule has 2 unspecified atom stereocenters. The van der Waals surface area contributed by atoms with E-state index in [9.17, 15) is 0 Å². The Labute approximate surface area is 127 Å². The molecular weight excluding hydrogens is 264 g/mol. The largest absolute Gasteiger partial charge is 0.122 e. The Kier molecular flexibility index (Phi) is 5.67. The van der Waals surface area contributed by atoms with Crippen LogP contribution < -0.4 is 0 Å². The molecule has 2 aromatic rings. The van der Waals surface area contributed by atoms with Crippen molar-refractivity contribution in [3.05, 3.63) is 71.3 Å². The van der Waals surface area contributed by atoms with E-state index < -0.39 is 0 Å². The van der Waals surface area contributed by atoms with Crippen LogP contribution in [0.25, 0.3) is 0 Å². The summed E-state index contributed by atoms with van der Waals surface area (Å²) in [5.74, 6) is 1.78. The summed E-state index contributed by atoms with van der Waals surface area (Å²) in [7, 11) is 0. The molecule has 0 aliphatic carbocycles. The SMILES string of the molecule is CCC(CC(C)c1ccccc1)c1cccc(CCl)c1. The topological polar surface area (TPSA) is 0 Å². The molecular formula is C19H23Cl. The summed E-state index contributed by atoms with van der Waals surface area (Å²) in [6.45, 7) is 4.60. The number of hydrogen-bond donors (Lipinski definition) is 0. The molecule has 0 N–H and O–H groups in total. The van der Waals surface area contributed by atoms with Crippen LogP contribution in [0.1, 0.15) is 55.2 Å². The molecule has 0 amide bonds. The lowest BCUT2D eigenvalue weighted by atomic mass is 9.84. The summed E-state index contributed by atoms with van der Waals surface area (Å²) < 4.78 is 0. The number of benzene rings is 2. The van der Waals surface area contributed by atoms with Gasteiger partial charge in [0, 0.05) is 5.88 Å². The zero-order valence-electron chi connectivity index (χ0n) is 12.4. The zero-order valence-corrected chi connectivity index (χ0v) is 13.1. The van der Waals surface area contributed by atoms with E-state index in [0.29, 0.717) is 17.7 Å². The molecule has 1 heteroatoms. The van der Waals surface area contributed by atoms with Crippen LogP contribution in [-0.4, -0.2) is 0 Å². The Bertz CT molecular complexity index is 518. The quantitative estimate of drug-likeness (QED) is 0.562. The van der Waals surface area contributed by atoms with Crippen molar-refractivity contribution in [2.24, 2.45) is 0 Å². The van der Waals surface area contributed by atoms with Crippen LogP contribution >= 0.6 is 11.6 Å². The molecule has 0 bridgehead atoms. The summed E-state index contributed by atoms with van der Waals surface area (Å²) in [6.07, 6.45) is 2.36. The molecule has 0 radical (unpaired) electrons. The highest BCUT2D eigenvalue weighted by Crippen LogP contribution is 2.32. The molecule has 0 aromatic heterocycles. The van der Waals surface area contributed by atoms with Crippen LogP contribution in [0.2, 0.25) is 0 Å². The van der Waals surface area contributed by atoms with Crippen molar-refractivity contribution >= 4 is 11.6 Å². The average molecular weight is 287 g/mol. The van der Waals surface area contributed by atoms with Crippen LogP contribution in [0.15, 0.2) is 54.6 Å². The highest BCUT2D eigenvalue weighted by Gasteiger charge is 2.15. The van der Waals surface area contributed by atoms with Crippen LogP contribution in [0.3, 0.4) is 0 Å². The smallest absolute Gasteiger partial charge is 0.0474 e. The lowest BCUT2D eigenvalue weighted by Crippen LogP contribution is -2.04. The fourth-order valence-electron chi connectivity index (χ4n) is 2.81. The zero-order chi connectivity index (χ0) is 14.4. The van der Waals surface area contributed by atoms with Crippen LogP contribution in [0.5, 0.6) is 0 Å². The van der Waals surface area contributed by atoms with Crippen molar-refractivity contribution in [2.75, 3.05) is 0 Å². The van der Waals surface area contributed by atoms with Gasteiger partial charge >= 0.3 is 0 Å². The highest BCUT2D eigenvalue weighted by atomic mass is 35.5. The van der Waals surface area contributed by atoms with E-state index in [1.54, 1.807) is 0 Å². The van der Waals surface area contributed by atoms with Gasteiger partial charge in [0.2, 0.25) is 0 Å². The Morgan fingerprint density at radius 1 is 0.950 bits per heavy atom. The third-order valence-electron chi connectivity index (χ3n) is 4.08. The standard InChI is InChI=1S/C19H23Cl/c1-3-17(19-11-7-8-16(13-19)14-20)12-15(2)18-9-5-4-6-10-18/h4-11,13,15,17H,3,12,14H2,1-2H3. The summed E-state index contributed by atoms with van der Waals surface area (Å²) in [5, 5.41) is 0. The predicted octanol–water partition coefficient (Wildman–Crippen LogP) is 6.11. The normalized spacial score (nSPS) is 13.9. The summed E-state index contributed by atoms with van der Waals surface area (Å²) in [5.41, 5.74) is 4.07. The van der Waals surface area contributed by atoms with E-state index in [2.05, 4.69) is 68.4 Å². The summed E-state index contributed by atoms with van der Waals surface area (Å²) >= 11 is 5.95. The third kappa shape index (κ3) is 3.86. The van der Waals surface area contributed by atoms with E-state index >= 15 is 0 Å². The predicted molar refractivity (Wildman–Crippen MR) is 88.5 cm³/mol. The van der Waals surface area contributed by atoms with Gasteiger partial charge in [0.1, 0.15) is 0 Å². The number of halogens is 1. The van der Waals surface area contributed by atoms with Crippen molar-refractivity contribution in [3.63, 3.8) is 0 Å². The second-order valence-corrected chi connectivity index (χ2v) is 5.80. The van der Waals surface area contributed by atoms with Crippen LogP contribution in [0, 0.1) is 0 Å². The Morgan fingerprint density at radius 2 is 1.65 bits per heavy atom. The lowest BCUT2D eigenvalue weighted by Gasteiger charge is -2.21. The minimum Gasteiger partial charge on any atom is -0.122 e. The molecule has 0 aliphatic rings. The second kappa shape index (κ2) is 7.50. The van der Waals surface area contributed by atoms with Crippen molar-refractivity contribution in [1.82, 2.24) is 0 Å². The second-order valence-electron chi connectivity index (χ2n) is 5.53. The molecule has 0 saturated heterocycles. The monoisotopic (exact) mass is 286 g/mol. The first-order valence-corrected chi connectivity index (χ1v) is 7.97. The minimum absolute atomic E-state index is 0.584. The first kappa shape index (κ1) is 15.1. The van der Waals surface area contributed by atoms with Gasteiger partial charge in [0.05, 0.1) is 0 Å². The molecule has 0 saturated carbocycles. The number of hydrogen-bond acceptors (Lipinski definition) is 0. The number of rotatable bonds is 6. The molecule has 2 rings (SSSR count). The van der Waals surface area contributed by atoms with Crippen LogP contribution in [0.4, 0.5) is 0 Å². The minimum atomic E-state index is 0.584. The van der Waals surface area contributed by atoms with Crippen molar-refractivity contribution < 1.29 is 0 Å². The molecule has 0 spiro atoms. The molecule has 0 aliphatic heterocycles. The van der Waals surface area contributed by atoms with Gasteiger partial charge in [-0.25, -0.2) is 0 Å². The summed E-state index contributed by atoms with van der Waals surface area (Å²) in [6, 6.07) is 19.5. The van der Waals surface area contributed by atoms with E-state index in [1.807, 2.05) is 0 Å². The van der Waals surface area contributed by atoms with Crippen LogP contribution in [-0.2, 0) is 5.88 Å². The fraction of sp³-hybridized carbons (Fsp3) is 0.368. The Morgan fingerprint density at radius 3 is 2.30 bits per heavy atom. The van der Waals surface area contributed by atoms with Crippen molar-refractivity contribution in [1.29, 1.82) is 0 Å². The van der Waals surface area contributed by atoms with Gasteiger partial charge in [-0.2, -0.15) is 0 Å². The molecule has 0 nitrogen and oxygen atoms in total. The molecule has 0 fully saturated rings. The number of alkyl halides is 1. The van der Waals surface area contributed by atoms with Gasteiger partial charge in [-0.3, -0.25) is 0 Å². The molecule has 106 valence electrons. The molecule has 2 aromatic carbocycles. The van der Waals surface area contributed by atoms with Crippen molar-refractivity contribution in [3.8, 4) is 0 Å². The van der Waals surface area contributed by atoms with Gasteiger partial charge in [0.25, 0.3) is 0 Å². The van der Waals surface area contributed by atoms with Crippen molar-refractivity contribution in [2.45, 2.75) is 44.4 Å². The van der Waals surface area contributed by atoms with Gasteiger partial charge in [0.15, 0.2) is 0 Å². The molecule has 20 heavy (non-hydrogen) atoms. The average Bonchev–Trinajstić information content (AvgIpc) is 2.53. The van der Waals surface area contributed by atoms with E-state index in [4.69, 9.17) is 11.6 Å². The molecule has 2 atom stereocenters. The van der Waals surface area contributed by atoms with E-state index in [1.165, 1.54) is 29.5 Å². The first-order valence-electron chi connectivity index (χ1n) is 7.44. The highest BCUT2D eigenvalue weighted by molar-refractivity contribution is 6.17. The van der Waals surface area contributed by atoms with Gasteiger partial charge in [-0.05, 0) is 41.4 Å². The van der Waals surface area contributed by atoms with Gasteiger partial charge in [-0.1, -0.05) is 68.4 Å². The summed E-state index contributed by atoms with van der Waals surface area (Å²) in [4.78, 5) is 0. The van der Waals surface area contributed by atoms with Gasteiger partial charge < -0.3 is 0 Å².